The molecular formula is C15H13Br2FN2S. The molecule has 0 heterocycles. The summed E-state index contributed by atoms with van der Waals surface area (Å²) in [5.74, 6) is -0.415. The van der Waals surface area contributed by atoms with Crippen LogP contribution < -0.4 is 11.1 Å². The van der Waals surface area contributed by atoms with Crippen molar-refractivity contribution in [2.24, 2.45) is 5.73 Å². The minimum Gasteiger partial charge on any atom is -0.389 e. The van der Waals surface area contributed by atoms with E-state index in [9.17, 15) is 4.39 Å². The first-order chi connectivity index (χ1) is 9.81. The van der Waals surface area contributed by atoms with Crippen LogP contribution >= 0.6 is 44.1 Å². The lowest BCUT2D eigenvalue weighted by Crippen LogP contribution is -2.11. The maximum atomic E-state index is 14.4. The number of rotatable bonds is 3. The molecule has 2 nitrogen and oxygen atoms in total. The van der Waals surface area contributed by atoms with Gasteiger partial charge in [0.05, 0.1) is 10.2 Å². The topological polar surface area (TPSA) is 38.0 Å². The van der Waals surface area contributed by atoms with Gasteiger partial charge in [0.2, 0.25) is 0 Å². The predicted molar refractivity (Wildman–Crippen MR) is 96.9 cm³/mol. The summed E-state index contributed by atoms with van der Waals surface area (Å²) in [4.78, 5) is 0.156. The largest absolute Gasteiger partial charge is 0.389 e. The number of nitrogens with one attached hydrogen (secondary N) is 1. The molecule has 6 heteroatoms. The zero-order valence-electron chi connectivity index (χ0n) is 11.4. The predicted octanol–water partition coefficient (Wildman–Crippen LogP) is 5.35. The van der Waals surface area contributed by atoms with Crippen molar-refractivity contribution in [2.45, 2.75) is 13.8 Å². The molecule has 0 saturated carbocycles. The van der Waals surface area contributed by atoms with Crippen molar-refractivity contribution < 1.29 is 4.39 Å². The molecule has 0 saturated heterocycles. The average Bonchev–Trinajstić information content (AvgIpc) is 2.38. The van der Waals surface area contributed by atoms with E-state index in [1.54, 1.807) is 12.1 Å². The van der Waals surface area contributed by atoms with E-state index in [-0.39, 0.29) is 9.46 Å². The van der Waals surface area contributed by atoms with E-state index in [0.717, 1.165) is 21.3 Å². The van der Waals surface area contributed by atoms with Crippen LogP contribution in [-0.2, 0) is 0 Å². The first-order valence-corrected chi connectivity index (χ1v) is 8.12. The Labute approximate surface area is 145 Å². The summed E-state index contributed by atoms with van der Waals surface area (Å²) >= 11 is 11.5. The smallest absolute Gasteiger partial charge is 0.161 e. The van der Waals surface area contributed by atoms with Crippen molar-refractivity contribution in [3.8, 4) is 0 Å². The highest BCUT2D eigenvalue weighted by atomic mass is 79.9. The second-order valence-corrected chi connectivity index (χ2v) is 6.84. The van der Waals surface area contributed by atoms with Crippen molar-refractivity contribution in [3.63, 3.8) is 0 Å². The number of hydrogen-bond donors (Lipinski definition) is 2. The van der Waals surface area contributed by atoms with E-state index in [1.165, 1.54) is 0 Å². The van der Waals surface area contributed by atoms with Crippen LogP contribution in [-0.4, -0.2) is 4.99 Å². The van der Waals surface area contributed by atoms with E-state index in [2.05, 4.69) is 37.2 Å². The van der Waals surface area contributed by atoms with Crippen LogP contribution in [0.4, 0.5) is 15.8 Å². The lowest BCUT2D eigenvalue weighted by molar-refractivity contribution is 0.625. The number of thiocarbonyl (C=S) groups is 1. The van der Waals surface area contributed by atoms with Crippen molar-refractivity contribution >= 4 is 60.4 Å². The Hall–Kier alpha value is -0.980. The number of aryl methyl sites for hydroxylation is 2. The fourth-order valence-electron chi connectivity index (χ4n) is 2.08. The Morgan fingerprint density at radius 1 is 1.19 bits per heavy atom. The Kier molecular flexibility index (Phi) is 5.01. The molecule has 0 fully saturated rings. The van der Waals surface area contributed by atoms with Gasteiger partial charge in [0.25, 0.3) is 0 Å². The quantitative estimate of drug-likeness (QED) is 0.643. The molecule has 2 rings (SSSR count). The van der Waals surface area contributed by atoms with Crippen molar-refractivity contribution in [3.05, 3.63) is 55.7 Å². The monoisotopic (exact) mass is 430 g/mol. The van der Waals surface area contributed by atoms with E-state index in [4.69, 9.17) is 18.0 Å². The fraction of sp³-hybridized carbons (Fsp3) is 0.133. The van der Waals surface area contributed by atoms with Gasteiger partial charge in [-0.2, -0.15) is 0 Å². The Bertz CT molecular complexity index is 709. The summed E-state index contributed by atoms with van der Waals surface area (Å²) < 4.78 is 15.7. The molecule has 0 atom stereocenters. The maximum absolute atomic E-state index is 14.4. The minimum atomic E-state index is -0.415. The van der Waals surface area contributed by atoms with Gasteiger partial charge >= 0.3 is 0 Å². The Morgan fingerprint density at radius 2 is 1.76 bits per heavy atom. The first kappa shape index (κ1) is 16.4. The SMILES string of the molecule is Cc1cc(Br)cc(C)c1Nc1ccc(C(N)=S)c(Br)c1F. The molecule has 21 heavy (non-hydrogen) atoms. The van der Waals surface area contributed by atoms with Crippen molar-refractivity contribution in [1.82, 2.24) is 0 Å². The van der Waals surface area contributed by atoms with E-state index >= 15 is 0 Å². The van der Waals surface area contributed by atoms with E-state index < -0.39 is 5.82 Å². The van der Waals surface area contributed by atoms with Crippen LogP contribution in [0.1, 0.15) is 16.7 Å². The maximum Gasteiger partial charge on any atom is 0.161 e. The van der Waals surface area contributed by atoms with E-state index in [0.29, 0.717) is 11.3 Å². The van der Waals surface area contributed by atoms with Gasteiger partial charge in [-0.15, -0.1) is 0 Å². The molecule has 3 N–H and O–H groups in total. The molecule has 0 aliphatic carbocycles. The van der Waals surface area contributed by atoms with Gasteiger partial charge < -0.3 is 11.1 Å². The summed E-state index contributed by atoms with van der Waals surface area (Å²) in [5, 5.41) is 3.13. The Morgan fingerprint density at radius 3 is 2.29 bits per heavy atom. The van der Waals surface area contributed by atoms with Crippen LogP contribution in [0.15, 0.2) is 33.2 Å². The summed E-state index contributed by atoms with van der Waals surface area (Å²) in [6.07, 6.45) is 0. The summed E-state index contributed by atoms with van der Waals surface area (Å²) in [6.45, 7) is 3.94. The normalized spacial score (nSPS) is 10.5. The number of benzene rings is 2. The van der Waals surface area contributed by atoms with Crippen LogP contribution in [0.5, 0.6) is 0 Å². The van der Waals surface area contributed by atoms with Gasteiger partial charge in [-0.25, -0.2) is 4.39 Å². The third kappa shape index (κ3) is 3.44. The zero-order valence-corrected chi connectivity index (χ0v) is 15.4. The highest BCUT2D eigenvalue weighted by Gasteiger charge is 2.14. The molecule has 0 amide bonds. The summed E-state index contributed by atoms with van der Waals surface area (Å²) in [6, 6.07) is 7.29. The highest BCUT2D eigenvalue weighted by molar-refractivity contribution is 9.10. The lowest BCUT2D eigenvalue weighted by atomic mass is 10.1. The van der Waals surface area contributed by atoms with Crippen LogP contribution in [0.2, 0.25) is 0 Å². The van der Waals surface area contributed by atoms with Gasteiger partial charge in [-0.05, 0) is 65.2 Å². The summed E-state index contributed by atoms with van der Waals surface area (Å²) in [5.41, 5.74) is 9.34. The minimum absolute atomic E-state index is 0.156. The second-order valence-electron chi connectivity index (χ2n) is 4.69. The molecule has 0 aromatic heterocycles. The second kappa shape index (κ2) is 6.42. The molecule has 0 spiro atoms. The summed E-state index contributed by atoms with van der Waals surface area (Å²) in [7, 11) is 0. The number of anilines is 2. The first-order valence-electron chi connectivity index (χ1n) is 6.13. The Balaban J connectivity index is 2.46. The van der Waals surface area contributed by atoms with Gasteiger partial charge in [-0.1, -0.05) is 28.1 Å². The molecule has 0 aliphatic heterocycles. The standard InChI is InChI=1S/C15H13Br2FN2S/c1-7-5-9(16)6-8(2)14(7)20-11-4-3-10(15(19)21)12(17)13(11)18/h3-6,20H,1-2H3,(H2,19,21). The molecule has 2 aromatic rings. The third-order valence-corrected chi connectivity index (χ3v) is 4.56. The molecule has 0 aliphatic rings. The van der Waals surface area contributed by atoms with Gasteiger partial charge in [-0.3, -0.25) is 0 Å². The average molecular weight is 432 g/mol. The number of nitrogens with two attached hydrogens (primary N) is 1. The highest BCUT2D eigenvalue weighted by Crippen LogP contribution is 2.32. The van der Waals surface area contributed by atoms with E-state index in [1.807, 2.05) is 26.0 Å². The molecule has 0 radical (unpaired) electrons. The van der Waals surface area contributed by atoms with Gasteiger partial charge in [0.1, 0.15) is 4.99 Å². The van der Waals surface area contributed by atoms with Gasteiger partial charge in [0, 0.05) is 15.7 Å². The zero-order chi connectivity index (χ0) is 15.7. The number of halogens is 3. The molecule has 0 bridgehead atoms. The van der Waals surface area contributed by atoms with Crippen molar-refractivity contribution in [2.75, 3.05) is 5.32 Å². The fourth-order valence-corrected chi connectivity index (χ4v) is 3.63. The lowest BCUT2D eigenvalue weighted by Gasteiger charge is -2.15. The van der Waals surface area contributed by atoms with Crippen LogP contribution in [0, 0.1) is 19.7 Å². The third-order valence-electron chi connectivity index (χ3n) is 3.10. The molecule has 110 valence electrons. The van der Waals surface area contributed by atoms with Gasteiger partial charge in [0.15, 0.2) is 5.82 Å². The molecule has 2 aromatic carbocycles. The van der Waals surface area contributed by atoms with Crippen LogP contribution in [0.3, 0.4) is 0 Å². The molecular weight excluding hydrogens is 419 g/mol. The number of hydrogen-bond acceptors (Lipinski definition) is 2. The van der Waals surface area contributed by atoms with Crippen LogP contribution in [0.25, 0.3) is 0 Å². The van der Waals surface area contributed by atoms with Crippen molar-refractivity contribution in [1.29, 1.82) is 0 Å². The molecule has 0 unspecified atom stereocenters.